The van der Waals surface area contributed by atoms with Crippen molar-refractivity contribution >= 4 is 27.5 Å². The summed E-state index contributed by atoms with van der Waals surface area (Å²) in [7, 11) is 0. The second-order valence-electron chi connectivity index (χ2n) is 3.66. The van der Waals surface area contributed by atoms with Crippen LogP contribution in [0.25, 0.3) is 0 Å². The van der Waals surface area contributed by atoms with Crippen molar-refractivity contribution in [3.8, 4) is 5.75 Å². The molecule has 0 unspecified atom stereocenters. The van der Waals surface area contributed by atoms with Crippen LogP contribution >= 0.6 is 27.5 Å². The first kappa shape index (κ1) is 13.3. The standard InChI is InChI=1S/C13H10BrClFNO/c14-5-10-2-1-3-12(15)13(10)18-8-9-4-11(16)7-17-6-9/h1-4,6-7H,5,8H2. The summed E-state index contributed by atoms with van der Waals surface area (Å²) < 4.78 is 18.6. The van der Waals surface area contributed by atoms with Crippen molar-refractivity contribution < 1.29 is 9.13 Å². The minimum absolute atomic E-state index is 0.231. The van der Waals surface area contributed by atoms with E-state index in [2.05, 4.69) is 20.9 Å². The Balaban J connectivity index is 2.15. The lowest BCUT2D eigenvalue weighted by Crippen LogP contribution is -1.99. The Morgan fingerprint density at radius 2 is 2.17 bits per heavy atom. The van der Waals surface area contributed by atoms with Gasteiger partial charge in [-0.15, -0.1) is 0 Å². The van der Waals surface area contributed by atoms with Crippen LogP contribution in [0.1, 0.15) is 11.1 Å². The van der Waals surface area contributed by atoms with Crippen molar-refractivity contribution in [3.63, 3.8) is 0 Å². The van der Waals surface area contributed by atoms with Crippen molar-refractivity contribution in [1.82, 2.24) is 4.98 Å². The Labute approximate surface area is 118 Å². The average molecular weight is 331 g/mol. The Bertz CT molecular complexity index is 550. The van der Waals surface area contributed by atoms with Gasteiger partial charge in [-0.05, 0) is 12.1 Å². The van der Waals surface area contributed by atoms with Crippen LogP contribution in [-0.4, -0.2) is 4.98 Å². The summed E-state index contributed by atoms with van der Waals surface area (Å²) in [4.78, 5) is 3.76. The molecular formula is C13H10BrClFNO. The van der Waals surface area contributed by atoms with Crippen molar-refractivity contribution in [2.75, 3.05) is 0 Å². The first-order valence-corrected chi connectivity index (χ1v) is 6.76. The van der Waals surface area contributed by atoms with Gasteiger partial charge in [-0.1, -0.05) is 39.7 Å². The first-order chi connectivity index (χ1) is 8.70. The van der Waals surface area contributed by atoms with Crippen molar-refractivity contribution in [1.29, 1.82) is 0 Å². The van der Waals surface area contributed by atoms with Crippen LogP contribution in [0, 0.1) is 5.82 Å². The molecule has 0 aliphatic heterocycles. The van der Waals surface area contributed by atoms with Gasteiger partial charge in [0.2, 0.25) is 0 Å². The third-order valence-electron chi connectivity index (χ3n) is 2.34. The molecule has 1 heterocycles. The normalized spacial score (nSPS) is 10.4. The number of aromatic nitrogens is 1. The summed E-state index contributed by atoms with van der Waals surface area (Å²) in [5, 5.41) is 1.18. The van der Waals surface area contributed by atoms with Crippen LogP contribution in [0.4, 0.5) is 4.39 Å². The predicted molar refractivity (Wildman–Crippen MR) is 72.6 cm³/mol. The van der Waals surface area contributed by atoms with Crippen LogP contribution in [-0.2, 0) is 11.9 Å². The van der Waals surface area contributed by atoms with Gasteiger partial charge in [0.15, 0.2) is 0 Å². The molecule has 0 saturated heterocycles. The molecule has 0 spiro atoms. The van der Waals surface area contributed by atoms with E-state index in [-0.39, 0.29) is 12.4 Å². The smallest absolute Gasteiger partial charge is 0.142 e. The zero-order chi connectivity index (χ0) is 13.0. The summed E-state index contributed by atoms with van der Waals surface area (Å²) in [5.74, 6) is 0.233. The molecule has 0 aliphatic rings. The second kappa shape index (κ2) is 6.16. The van der Waals surface area contributed by atoms with Gasteiger partial charge >= 0.3 is 0 Å². The van der Waals surface area contributed by atoms with E-state index >= 15 is 0 Å². The Morgan fingerprint density at radius 1 is 1.33 bits per heavy atom. The number of benzene rings is 1. The minimum Gasteiger partial charge on any atom is -0.487 e. The third kappa shape index (κ3) is 3.21. The quantitative estimate of drug-likeness (QED) is 0.778. The summed E-state index contributed by atoms with van der Waals surface area (Å²) in [6, 6.07) is 6.92. The largest absolute Gasteiger partial charge is 0.487 e. The van der Waals surface area contributed by atoms with Gasteiger partial charge in [0.1, 0.15) is 18.2 Å². The summed E-state index contributed by atoms with van der Waals surface area (Å²) >= 11 is 9.44. The van der Waals surface area contributed by atoms with Gasteiger partial charge in [0.05, 0.1) is 11.2 Å². The molecule has 0 fully saturated rings. The number of para-hydroxylation sites is 1. The maximum absolute atomic E-state index is 13.0. The molecule has 1 aromatic heterocycles. The lowest BCUT2D eigenvalue weighted by atomic mass is 10.2. The Morgan fingerprint density at radius 3 is 2.89 bits per heavy atom. The Hall–Kier alpha value is -1.13. The summed E-state index contributed by atoms with van der Waals surface area (Å²) in [6.07, 6.45) is 2.72. The van der Waals surface area contributed by atoms with Crippen LogP contribution < -0.4 is 4.74 Å². The predicted octanol–water partition coefficient (Wildman–Crippen LogP) is 4.35. The zero-order valence-electron chi connectivity index (χ0n) is 9.37. The van der Waals surface area contributed by atoms with Crippen LogP contribution in [0.3, 0.4) is 0 Å². The van der Waals surface area contributed by atoms with Gasteiger partial charge in [0.25, 0.3) is 0 Å². The molecular weight excluding hydrogens is 321 g/mol. The fourth-order valence-corrected chi connectivity index (χ4v) is 2.20. The number of hydrogen-bond donors (Lipinski definition) is 0. The van der Waals surface area contributed by atoms with E-state index in [9.17, 15) is 4.39 Å². The summed E-state index contributed by atoms with van der Waals surface area (Å²) in [5.41, 5.74) is 1.61. The topological polar surface area (TPSA) is 22.1 Å². The van der Waals surface area contributed by atoms with Crippen LogP contribution in [0.15, 0.2) is 36.7 Å². The molecule has 2 nitrogen and oxygen atoms in total. The molecule has 5 heteroatoms. The SMILES string of the molecule is Fc1cncc(COc2c(Cl)cccc2CBr)c1. The molecule has 0 N–H and O–H groups in total. The molecule has 0 radical (unpaired) electrons. The Kier molecular flexibility index (Phi) is 4.55. The number of hydrogen-bond acceptors (Lipinski definition) is 2. The number of pyridine rings is 1. The highest BCUT2D eigenvalue weighted by Crippen LogP contribution is 2.30. The van der Waals surface area contributed by atoms with Crippen molar-refractivity contribution in [3.05, 3.63) is 58.6 Å². The number of nitrogens with zero attached hydrogens (tertiary/aromatic N) is 1. The fourth-order valence-electron chi connectivity index (χ4n) is 1.51. The molecule has 2 rings (SSSR count). The van der Waals surface area contributed by atoms with Gasteiger partial charge in [-0.25, -0.2) is 4.39 Å². The molecule has 0 bridgehead atoms. The molecule has 0 amide bonds. The highest BCUT2D eigenvalue weighted by molar-refractivity contribution is 9.08. The molecule has 1 aromatic carbocycles. The van der Waals surface area contributed by atoms with E-state index in [4.69, 9.17) is 16.3 Å². The second-order valence-corrected chi connectivity index (χ2v) is 4.63. The monoisotopic (exact) mass is 329 g/mol. The molecule has 18 heavy (non-hydrogen) atoms. The van der Waals surface area contributed by atoms with E-state index in [1.54, 1.807) is 12.3 Å². The maximum atomic E-state index is 13.0. The third-order valence-corrected chi connectivity index (χ3v) is 3.24. The number of ether oxygens (including phenoxy) is 1. The molecule has 2 aromatic rings. The van der Waals surface area contributed by atoms with Gasteiger partial charge in [-0.2, -0.15) is 0 Å². The van der Waals surface area contributed by atoms with Gasteiger partial charge in [0, 0.05) is 22.7 Å². The number of halogens is 3. The zero-order valence-corrected chi connectivity index (χ0v) is 11.7. The lowest BCUT2D eigenvalue weighted by molar-refractivity contribution is 0.303. The summed E-state index contributed by atoms with van der Waals surface area (Å²) in [6.45, 7) is 0.231. The van der Waals surface area contributed by atoms with Crippen molar-refractivity contribution in [2.45, 2.75) is 11.9 Å². The average Bonchev–Trinajstić information content (AvgIpc) is 2.37. The van der Waals surface area contributed by atoms with E-state index in [1.165, 1.54) is 6.07 Å². The van der Waals surface area contributed by atoms with E-state index < -0.39 is 0 Å². The molecule has 0 aliphatic carbocycles. The van der Waals surface area contributed by atoms with E-state index in [1.807, 2.05) is 12.1 Å². The highest BCUT2D eigenvalue weighted by Gasteiger charge is 2.08. The van der Waals surface area contributed by atoms with Crippen molar-refractivity contribution in [2.24, 2.45) is 0 Å². The number of rotatable bonds is 4. The number of alkyl halides is 1. The molecule has 0 saturated carbocycles. The molecule has 0 atom stereocenters. The first-order valence-electron chi connectivity index (χ1n) is 5.26. The maximum Gasteiger partial charge on any atom is 0.142 e. The van der Waals surface area contributed by atoms with Gasteiger partial charge < -0.3 is 4.74 Å². The highest BCUT2D eigenvalue weighted by atomic mass is 79.9. The van der Waals surface area contributed by atoms with E-state index in [0.717, 1.165) is 11.8 Å². The van der Waals surface area contributed by atoms with E-state index in [0.29, 0.717) is 21.7 Å². The minimum atomic E-state index is -0.379. The van der Waals surface area contributed by atoms with Crippen LogP contribution in [0.2, 0.25) is 5.02 Å². The lowest BCUT2D eigenvalue weighted by Gasteiger charge is -2.11. The molecule has 94 valence electrons. The fraction of sp³-hybridized carbons (Fsp3) is 0.154. The van der Waals surface area contributed by atoms with Gasteiger partial charge in [-0.3, -0.25) is 4.98 Å². The van der Waals surface area contributed by atoms with Crippen LogP contribution in [0.5, 0.6) is 5.75 Å².